The Hall–Kier alpha value is -4.66. The molecule has 0 radical (unpaired) electrons. The third-order valence-electron chi connectivity index (χ3n) is 6.68. The van der Waals surface area contributed by atoms with Gasteiger partial charge in [-0.2, -0.15) is 0 Å². The van der Waals surface area contributed by atoms with Crippen molar-refractivity contribution in [3.63, 3.8) is 0 Å². The van der Waals surface area contributed by atoms with Gasteiger partial charge in [-0.1, -0.05) is 31.2 Å². The Balaban J connectivity index is 1.34. The van der Waals surface area contributed by atoms with Crippen LogP contribution in [0.1, 0.15) is 18.1 Å². The number of halogens is 2. The highest BCUT2D eigenvalue weighted by Gasteiger charge is 2.29. The second-order valence-corrected chi connectivity index (χ2v) is 9.32. The van der Waals surface area contributed by atoms with Gasteiger partial charge in [0.05, 0.1) is 5.69 Å². The number of aromatic nitrogens is 1. The Morgan fingerprint density at radius 2 is 1.79 bits per heavy atom. The standard InChI is InChI=1S/C29H24F2N4O3/c1-16(11-17-3-8-23(30)24(31)12-17)27(36)34-26-29(38)35(2)25-14-19(4-5-21(25)15-33-26)18-6-7-22-20(13-18)9-10-32-28(22)37/h3-10,12-16,26H,11H2,1-2H3,(H,32,37)(H,34,36)/t16-,26?/m0/s1. The molecule has 0 spiro atoms. The maximum absolute atomic E-state index is 13.5. The topological polar surface area (TPSA) is 94.6 Å². The minimum Gasteiger partial charge on any atom is -0.329 e. The van der Waals surface area contributed by atoms with Crippen molar-refractivity contribution in [3.8, 4) is 11.1 Å². The first-order valence-corrected chi connectivity index (χ1v) is 12.0. The number of carbonyl (C=O) groups excluding carboxylic acids is 2. The van der Waals surface area contributed by atoms with E-state index in [1.165, 1.54) is 11.0 Å². The van der Waals surface area contributed by atoms with Crippen molar-refractivity contribution in [2.75, 3.05) is 11.9 Å². The predicted molar refractivity (Wildman–Crippen MR) is 142 cm³/mol. The molecule has 1 unspecified atom stereocenters. The lowest BCUT2D eigenvalue weighted by Crippen LogP contribution is -2.47. The van der Waals surface area contributed by atoms with Crippen LogP contribution in [0.15, 0.2) is 76.6 Å². The molecule has 38 heavy (non-hydrogen) atoms. The number of nitrogens with zero attached hydrogens (tertiary/aromatic N) is 2. The van der Waals surface area contributed by atoms with Crippen molar-refractivity contribution in [1.29, 1.82) is 0 Å². The number of amides is 2. The number of carbonyl (C=O) groups is 2. The van der Waals surface area contributed by atoms with E-state index in [1.54, 1.807) is 32.4 Å². The van der Waals surface area contributed by atoms with E-state index in [0.29, 0.717) is 22.2 Å². The molecule has 2 N–H and O–H groups in total. The number of H-pyrrole nitrogens is 1. The van der Waals surface area contributed by atoms with Crippen molar-refractivity contribution >= 4 is 34.5 Å². The first-order chi connectivity index (χ1) is 18.2. The van der Waals surface area contributed by atoms with Crippen LogP contribution in [0.5, 0.6) is 0 Å². The number of benzene rings is 3. The van der Waals surface area contributed by atoms with Gasteiger partial charge in [0.15, 0.2) is 11.6 Å². The molecule has 2 amide bonds. The van der Waals surface area contributed by atoms with E-state index in [4.69, 9.17) is 0 Å². The summed E-state index contributed by atoms with van der Waals surface area (Å²) in [5, 5.41) is 4.05. The Kier molecular flexibility index (Phi) is 6.59. The van der Waals surface area contributed by atoms with Crippen LogP contribution in [0.4, 0.5) is 14.5 Å². The summed E-state index contributed by atoms with van der Waals surface area (Å²) >= 11 is 0. The van der Waals surface area contributed by atoms with Gasteiger partial charge in [-0.3, -0.25) is 19.4 Å². The smallest absolute Gasteiger partial charge is 0.272 e. The number of likely N-dealkylation sites (N-methyl/N-ethyl adjacent to an activating group) is 1. The second-order valence-electron chi connectivity index (χ2n) is 9.32. The highest BCUT2D eigenvalue weighted by molar-refractivity contribution is 6.06. The van der Waals surface area contributed by atoms with Crippen LogP contribution in [-0.2, 0) is 16.0 Å². The van der Waals surface area contributed by atoms with E-state index in [1.807, 2.05) is 36.4 Å². The predicted octanol–water partition coefficient (Wildman–Crippen LogP) is 4.19. The molecule has 2 atom stereocenters. The van der Waals surface area contributed by atoms with Crippen LogP contribution in [-0.4, -0.2) is 36.2 Å². The molecule has 192 valence electrons. The molecule has 5 rings (SSSR count). The van der Waals surface area contributed by atoms with Crippen LogP contribution in [0.3, 0.4) is 0 Å². The molecule has 0 bridgehead atoms. The summed E-state index contributed by atoms with van der Waals surface area (Å²) in [4.78, 5) is 46.5. The normalized spacial score (nSPS) is 15.7. The van der Waals surface area contributed by atoms with E-state index >= 15 is 0 Å². The Labute approximate surface area is 216 Å². The maximum Gasteiger partial charge on any atom is 0.272 e. The summed E-state index contributed by atoms with van der Waals surface area (Å²) in [7, 11) is 1.61. The summed E-state index contributed by atoms with van der Waals surface area (Å²) in [6, 6.07) is 16.5. The number of anilines is 1. The number of aromatic amines is 1. The number of rotatable bonds is 5. The van der Waals surface area contributed by atoms with Gasteiger partial charge >= 0.3 is 0 Å². The fourth-order valence-corrected chi connectivity index (χ4v) is 4.50. The molecule has 4 aromatic rings. The SMILES string of the molecule is C[C@@H](Cc1ccc(F)c(F)c1)C(=O)NC1N=Cc2ccc(-c3ccc4c(=O)[nH]ccc4c3)cc2N(C)C1=O. The minimum atomic E-state index is -1.14. The number of aliphatic imine (C=N–C) groups is 1. The number of pyridine rings is 1. The number of hydrogen-bond donors (Lipinski definition) is 2. The van der Waals surface area contributed by atoms with Crippen LogP contribution < -0.4 is 15.8 Å². The summed E-state index contributed by atoms with van der Waals surface area (Å²) in [6.45, 7) is 1.64. The maximum atomic E-state index is 13.5. The largest absolute Gasteiger partial charge is 0.329 e. The lowest BCUT2D eigenvalue weighted by atomic mass is 9.99. The first kappa shape index (κ1) is 25.0. The van der Waals surface area contributed by atoms with Gasteiger partial charge < -0.3 is 15.2 Å². The van der Waals surface area contributed by atoms with Gasteiger partial charge in [0.2, 0.25) is 12.1 Å². The third kappa shape index (κ3) is 4.82. The van der Waals surface area contributed by atoms with Crippen molar-refractivity contribution in [2.45, 2.75) is 19.5 Å². The van der Waals surface area contributed by atoms with Crippen LogP contribution in [0.25, 0.3) is 21.9 Å². The van der Waals surface area contributed by atoms with E-state index in [9.17, 15) is 23.2 Å². The zero-order valence-corrected chi connectivity index (χ0v) is 20.7. The van der Waals surface area contributed by atoms with E-state index in [2.05, 4.69) is 15.3 Å². The zero-order chi connectivity index (χ0) is 27.0. The van der Waals surface area contributed by atoms with Crippen LogP contribution in [0, 0.1) is 17.6 Å². The second kappa shape index (κ2) is 10.0. The number of nitrogens with one attached hydrogen (secondary N) is 2. The molecule has 0 saturated heterocycles. The average Bonchev–Trinajstić information content (AvgIpc) is 3.02. The van der Waals surface area contributed by atoms with E-state index in [-0.39, 0.29) is 12.0 Å². The first-order valence-electron chi connectivity index (χ1n) is 12.0. The van der Waals surface area contributed by atoms with Crippen molar-refractivity contribution < 1.29 is 18.4 Å². The molecule has 0 fully saturated rings. The molecule has 1 aromatic heterocycles. The number of hydrogen-bond acceptors (Lipinski definition) is 4. The van der Waals surface area contributed by atoms with Gasteiger partial charge in [0, 0.05) is 36.3 Å². The zero-order valence-electron chi connectivity index (χ0n) is 20.7. The molecular formula is C29H24F2N4O3. The molecular weight excluding hydrogens is 490 g/mol. The van der Waals surface area contributed by atoms with E-state index in [0.717, 1.165) is 28.6 Å². The molecule has 2 heterocycles. The molecule has 0 saturated carbocycles. The number of fused-ring (bicyclic) bond motifs is 2. The highest BCUT2D eigenvalue weighted by Crippen LogP contribution is 2.30. The van der Waals surface area contributed by atoms with Gasteiger partial charge in [-0.25, -0.2) is 8.78 Å². The van der Waals surface area contributed by atoms with Crippen LogP contribution >= 0.6 is 0 Å². The van der Waals surface area contributed by atoms with Crippen LogP contribution in [0.2, 0.25) is 0 Å². The lowest BCUT2D eigenvalue weighted by molar-refractivity contribution is -0.129. The Bertz CT molecular complexity index is 1660. The highest BCUT2D eigenvalue weighted by atomic mass is 19.2. The minimum absolute atomic E-state index is 0.162. The quantitative estimate of drug-likeness (QED) is 0.418. The van der Waals surface area contributed by atoms with E-state index < -0.39 is 35.5 Å². The van der Waals surface area contributed by atoms with Crippen molar-refractivity contribution in [1.82, 2.24) is 10.3 Å². The number of benzodiazepines with no additional fused rings is 1. The Morgan fingerprint density at radius 3 is 2.58 bits per heavy atom. The van der Waals surface area contributed by atoms with Crippen molar-refractivity contribution in [2.24, 2.45) is 10.9 Å². The Morgan fingerprint density at radius 1 is 1.03 bits per heavy atom. The lowest BCUT2D eigenvalue weighted by Gasteiger charge is -2.22. The fraction of sp³-hybridized carbons (Fsp3) is 0.172. The molecule has 0 aliphatic carbocycles. The fourth-order valence-electron chi connectivity index (χ4n) is 4.50. The average molecular weight is 515 g/mol. The van der Waals surface area contributed by atoms with Crippen molar-refractivity contribution in [3.05, 3.63) is 100.0 Å². The van der Waals surface area contributed by atoms with Gasteiger partial charge in [0.25, 0.3) is 11.5 Å². The third-order valence-corrected chi connectivity index (χ3v) is 6.68. The molecule has 9 heteroatoms. The molecule has 1 aliphatic heterocycles. The monoisotopic (exact) mass is 514 g/mol. The summed E-state index contributed by atoms with van der Waals surface area (Å²) in [5.41, 5.74) is 3.36. The van der Waals surface area contributed by atoms with Gasteiger partial charge in [0.1, 0.15) is 0 Å². The molecule has 1 aliphatic rings. The van der Waals surface area contributed by atoms with Gasteiger partial charge in [-0.05, 0) is 64.9 Å². The van der Waals surface area contributed by atoms with Gasteiger partial charge in [-0.15, -0.1) is 0 Å². The summed E-state index contributed by atoms with van der Waals surface area (Å²) in [5.74, 6) is -3.39. The molecule has 7 nitrogen and oxygen atoms in total. The summed E-state index contributed by atoms with van der Waals surface area (Å²) in [6.07, 6.45) is 2.18. The summed E-state index contributed by atoms with van der Waals surface area (Å²) < 4.78 is 26.7. The molecule has 3 aromatic carbocycles.